The molecule has 2 heterocycles. The Labute approximate surface area is 97.6 Å². The van der Waals surface area contributed by atoms with Crippen LogP contribution < -0.4 is 5.32 Å². The first-order valence-electron chi connectivity index (χ1n) is 6.11. The molecule has 1 aliphatic rings. The molecule has 1 aromatic rings. The molecule has 0 aliphatic carbocycles. The van der Waals surface area contributed by atoms with Crippen molar-refractivity contribution >= 4 is 5.69 Å². The number of likely N-dealkylation sites (tertiary alicyclic amines) is 1. The minimum atomic E-state index is 0.674. The van der Waals surface area contributed by atoms with E-state index in [1.54, 1.807) is 0 Å². The number of aryl methyl sites for hydroxylation is 2. The van der Waals surface area contributed by atoms with Crippen molar-refractivity contribution in [2.75, 3.05) is 25.5 Å². The second-order valence-electron chi connectivity index (χ2n) is 4.81. The molecule has 0 amide bonds. The van der Waals surface area contributed by atoms with Crippen molar-refractivity contribution in [3.8, 4) is 0 Å². The van der Waals surface area contributed by atoms with Crippen LogP contribution in [0.1, 0.15) is 25.0 Å². The third kappa shape index (κ3) is 2.55. The molecule has 4 nitrogen and oxygen atoms in total. The highest BCUT2D eigenvalue weighted by Gasteiger charge is 2.18. The number of aromatic nitrogens is 2. The quantitative estimate of drug-likeness (QED) is 0.843. The van der Waals surface area contributed by atoms with Crippen LogP contribution in [0.15, 0.2) is 6.20 Å². The summed E-state index contributed by atoms with van der Waals surface area (Å²) >= 11 is 0. The van der Waals surface area contributed by atoms with Crippen molar-refractivity contribution in [3.63, 3.8) is 0 Å². The summed E-state index contributed by atoms with van der Waals surface area (Å²) in [5, 5.41) is 7.84. The Kier molecular flexibility index (Phi) is 3.49. The van der Waals surface area contributed by atoms with Crippen molar-refractivity contribution in [1.82, 2.24) is 14.7 Å². The minimum Gasteiger partial charge on any atom is -0.381 e. The normalized spacial score (nSPS) is 22.3. The van der Waals surface area contributed by atoms with E-state index in [1.807, 2.05) is 18.7 Å². The second-order valence-corrected chi connectivity index (χ2v) is 4.81. The van der Waals surface area contributed by atoms with Crippen LogP contribution in [0, 0.1) is 6.92 Å². The van der Waals surface area contributed by atoms with Gasteiger partial charge in [-0.15, -0.1) is 0 Å². The Bertz CT molecular complexity index is 345. The molecule has 1 unspecified atom stereocenters. The molecular formula is C12H22N4. The molecule has 1 aliphatic heterocycles. The summed E-state index contributed by atoms with van der Waals surface area (Å²) in [6.45, 7) is 4.31. The Morgan fingerprint density at radius 3 is 2.88 bits per heavy atom. The van der Waals surface area contributed by atoms with Crippen molar-refractivity contribution in [2.24, 2.45) is 7.05 Å². The number of anilines is 1. The molecular weight excluding hydrogens is 200 g/mol. The van der Waals surface area contributed by atoms with Crippen molar-refractivity contribution in [1.29, 1.82) is 0 Å². The first-order valence-corrected chi connectivity index (χ1v) is 6.11. The Hall–Kier alpha value is -1.03. The van der Waals surface area contributed by atoms with E-state index in [2.05, 4.69) is 28.6 Å². The Balaban J connectivity index is 1.89. The first kappa shape index (κ1) is 11.5. The topological polar surface area (TPSA) is 33.1 Å². The van der Waals surface area contributed by atoms with E-state index in [4.69, 9.17) is 0 Å². The van der Waals surface area contributed by atoms with E-state index >= 15 is 0 Å². The predicted molar refractivity (Wildman–Crippen MR) is 66.7 cm³/mol. The lowest BCUT2D eigenvalue weighted by Gasteiger charge is -2.32. The summed E-state index contributed by atoms with van der Waals surface area (Å²) < 4.78 is 1.86. The maximum Gasteiger partial charge on any atom is 0.0824 e. The molecule has 2 rings (SSSR count). The largest absolute Gasteiger partial charge is 0.381 e. The summed E-state index contributed by atoms with van der Waals surface area (Å²) in [4.78, 5) is 2.46. The van der Waals surface area contributed by atoms with Gasteiger partial charge in [0.1, 0.15) is 0 Å². The van der Waals surface area contributed by atoms with Gasteiger partial charge in [0.15, 0.2) is 0 Å². The smallest absolute Gasteiger partial charge is 0.0824 e. The molecule has 1 saturated heterocycles. The Morgan fingerprint density at radius 2 is 2.25 bits per heavy atom. The Morgan fingerprint density at radius 1 is 1.44 bits per heavy atom. The fourth-order valence-corrected chi connectivity index (χ4v) is 2.40. The van der Waals surface area contributed by atoms with Crippen LogP contribution >= 0.6 is 0 Å². The lowest BCUT2D eigenvalue weighted by atomic mass is 10.0. The number of hydrogen-bond donors (Lipinski definition) is 1. The van der Waals surface area contributed by atoms with Gasteiger partial charge >= 0.3 is 0 Å². The molecule has 0 spiro atoms. The molecule has 0 saturated carbocycles. The zero-order valence-corrected chi connectivity index (χ0v) is 10.5. The number of rotatable bonds is 3. The maximum atomic E-state index is 4.33. The van der Waals surface area contributed by atoms with Gasteiger partial charge in [0, 0.05) is 25.8 Å². The van der Waals surface area contributed by atoms with Crippen molar-refractivity contribution < 1.29 is 0 Å². The van der Waals surface area contributed by atoms with Gasteiger partial charge in [-0.3, -0.25) is 4.68 Å². The van der Waals surface area contributed by atoms with Crippen LogP contribution in [-0.4, -0.2) is 40.9 Å². The summed E-state index contributed by atoms with van der Waals surface area (Å²) in [5.41, 5.74) is 2.25. The maximum absolute atomic E-state index is 4.33. The monoisotopic (exact) mass is 222 g/mol. The minimum absolute atomic E-state index is 0.674. The number of piperidine rings is 1. The van der Waals surface area contributed by atoms with Crippen LogP contribution in [0.4, 0.5) is 5.69 Å². The average Bonchev–Trinajstić information content (AvgIpc) is 2.56. The highest BCUT2D eigenvalue weighted by molar-refractivity contribution is 5.45. The van der Waals surface area contributed by atoms with E-state index in [1.165, 1.54) is 31.5 Å². The van der Waals surface area contributed by atoms with E-state index in [-0.39, 0.29) is 0 Å². The summed E-state index contributed by atoms with van der Waals surface area (Å²) in [6.07, 6.45) is 6.07. The molecule has 0 radical (unpaired) electrons. The third-order valence-corrected chi connectivity index (χ3v) is 3.46. The molecule has 1 aromatic heterocycles. The number of nitrogens with zero attached hydrogens (tertiary/aromatic N) is 3. The fraction of sp³-hybridized carbons (Fsp3) is 0.750. The summed E-state index contributed by atoms with van der Waals surface area (Å²) in [7, 11) is 4.19. The summed E-state index contributed by atoms with van der Waals surface area (Å²) in [6, 6.07) is 0.674. The molecule has 1 N–H and O–H groups in total. The van der Waals surface area contributed by atoms with Gasteiger partial charge < -0.3 is 10.2 Å². The number of likely N-dealkylation sites (N-methyl/N-ethyl adjacent to an activating group) is 1. The standard InChI is InChI=1S/C12H22N4/c1-10-12(9-16(3)14-10)13-8-11-6-4-5-7-15(11)2/h9,11,13H,4-8H2,1-3H3. The zero-order valence-electron chi connectivity index (χ0n) is 10.5. The molecule has 90 valence electrons. The highest BCUT2D eigenvalue weighted by atomic mass is 15.3. The average molecular weight is 222 g/mol. The molecule has 1 fully saturated rings. The molecule has 1 atom stereocenters. The first-order chi connectivity index (χ1) is 7.66. The number of nitrogens with one attached hydrogen (secondary N) is 1. The van der Waals surface area contributed by atoms with E-state index in [0.717, 1.165) is 12.2 Å². The van der Waals surface area contributed by atoms with Gasteiger partial charge in [0.25, 0.3) is 0 Å². The van der Waals surface area contributed by atoms with Gasteiger partial charge in [-0.2, -0.15) is 5.10 Å². The highest BCUT2D eigenvalue weighted by Crippen LogP contribution is 2.17. The SMILES string of the molecule is Cc1nn(C)cc1NCC1CCCCN1C. The van der Waals surface area contributed by atoms with Gasteiger partial charge in [0.05, 0.1) is 11.4 Å². The lowest BCUT2D eigenvalue weighted by Crippen LogP contribution is -2.40. The van der Waals surface area contributed by atoms with Crippen LogP contribution in [0.5, 0.6) is 0 Å². The van der Waals surface area contributed by atoms with Gasteiger partial charge in [-0.05, 0) is 33.4 Å². The van der Waals surface area contributed by atoms with Gasteiger partial charge in [-0.25, -0.2) is 0 Å². The number of hydrogen-bond acceptors (Lipinski definition) is 3. The third-order valence-electron chi connectivity index (χ3n) is 3.46. The zero-order chi connectivity index (χ0) is 11.5. The van der Waals surface area contributed by atoms with E-state index in [9.17, 15) is 0 Å². The van der Waals surface area contributed by atoms with E-state index in [0.29, 0.717) is 6.04 Å². The van der Waals surface area contributed by atoms with E-state index < -0.39 is 0 Å². The van der Waals surface area contributed by atoms with Crippen LogP contribution in [0.3, 0.4) is 0 Å². The van der Waals surface area contributed by atoms with Crippen LogP contribution in [-0.2, 0) is 7.05 Å². The lowest BCUT2D eigenvalue weighted by molar-refractivity contribution is 0.194. The van der Waals surface area contributed by atoms with Crippen molar-refractivity contribution in [3.05, 3.63) is 11.9 Å². The molecule has 16 heavy (non-hydrogen) atoms. The second kappa shape index (κ2) is 4.87. The van der Waals surface area contributed by atoms with Crippen LogP contribution in [0.25, 0.3) is 0 Å². The molecule has 0 bridgehead atoms. The fourth-order valence-electron chi connectivity index (χ4n) is 2.40. The van der Waals surface area contributed by atoms with Gasteiger partial charge in [0.2, 0.25) is 0 Å². The van der Waals surface area contributed by atoms with Gasteiger partial charge in [-0.1, -0.05) is 6.42 Å². The molecule has 4 heteroatoms. The van der Waals surface area contributed by atoms with Crippen LogP contribution in [0.2, 0.25) is 0 Å². The predicted octanol–water partition coefficient (Wildman–Crippen LogP) is 1.62. The summed E-state index contributed by atoms with van der Waals surface area (Å²) in [5.74, 6) is 0. The van der Waals surface area contributed by atoms with Crippen molar-refractivity contribution in [2.45, 2.75) is 32.2 Å². The molecule has 0 aromatic carbocycles.